The van der Waals surface area contributed by atoms with Crippen LogP contribution in [0.3, 0.4) is 0 Å². The maximum atomic E-state index is 14.0. The Bertz CT molecular complexity index is 836. The van der Waals surface area contributed by atoms with E-state index in [9.17, 15) is 4.79 Å². The van der Waals surface area contributed by atoms with Crippen molar-refractivity contribution in [1.82, 2.24) is 0 Å². The van der Waals surface area contributed by atoms with Gasteiger partial charge in [-0.3, -0.25) is 4.79 Å². The van der Waals surface area contributed by atoms with Gasteiger partial charge >= 0.3 is 5.97 Å². The summed E-state index contributed by atoms with van der Waals surface area (Å²) < 4.78 is 31.9. The average molecular weight is 509 g/mol. The molecule has 0 aromatic carbocycles. The van der Waals surface area contributed by atoms with Crippen molar-refractivity contribution in [1.29, 1.82) is 0 Å². The summed E-state index contributed by atoms with van der Waals surface area (Å²) in [4.78, 5) is 14.0. The molecule has 4 aliphatic carbocycles. The van der Waals surface area contributed by atoms with Gasteiger partial charge < -0.3 is 23.7 Å². The molecule has 0 amide bonds. The van der Waals surface area contributed by atoms with Gasteiger partial charge in [0, 0.05) is 31.5 Å². The first-order chi connectivity index (χ1) is 16.6. The first-order valence-corrected chi connectivity index (χ1v) is 14.4. The van der Waals surface area contributed by atoms with Gasteiger partial charge in [-0.1, -0.05) is 34.6 Å². The lowest BCUT2D eigenvalue weighted by Crippen LogP contribution is -2.60. The Morgan fingerprint density at radius 2 is 1.42 bits per heavy atom. The maximum absolute atomic E-state index is 14.0. The zero-order chi connectivity index (χ0) is 26.8. The fraction of sp³-hybridized carbons (Fsp3) is 0.967. The summed E-state index contributed by atoms with van der Waals surface area (Å²) >= 11 is 0. The predicted octanol–water partition coefficient (Wildman–Crippen LogP) is 6.64. The topological polar surface area (TPSA) is 63.2 Å². The van der Waals surface area contributed by atoms with Crippen LogP contribution >= 0.6 is 0 Å². The molecule has 0 N–H and O–H groups in total. The second-order valence-corrected chi connectivity index (χ2v) is 14.3. The maximum Gasteiger partial charge on any atom is 0.312 e. The smallest absolute Gasteiger partial charge is 0.312 e. The van der Waals surface area contributed by atoms with Crippen molar-refractivity contribution in [3.05, 3.63) is 0 Å². The van der Waals surface area contributed by atoms with Crippen molar-refractivity contribution in [3.63, 3.8) is 0 Å². The van der Waals surface area contributed by atoms with E-state index >= 15 is 0 Å². The van der Waals surface area contributed by atoms with E-state index in [4.69, 9.17) is 23.7 Å². The van der Waals surface area contributed by atoms with Crippen LogP contribution < -0.4 is 0 Å². The Hall–Kier alpha value is -0.690. The number of rotatable bonds is 12. The van der Waals surface area contributed by atoms with Crippen LogP contribution in [0.5, 0.6) is 0 Å². The molecular formula is C30H52O6. The van der Waals surface area contributed by atoms with Gasteiger partial charge in [0.15, 0.2) is 12.6 Å². The molecule has 0 aromatic heterocycles. The minimum absolute atomic E-state index is 0.0267. The SMILES string of the molecule is CCOC(C)OC12CC3(OC(=O)C(C)(CC(C)(C)C)C(C)C)CC4CC(OC(C)OCC)(C1)C4(C3)C2. The molecule has 4 rings (SSSR count). The Labute approximate surface area is 219 Å². The van der Waals surface area contributed by atoms with Crippen molar-refractivity contribution < 1.29 is 28.5 Å². The highest BCUT2D eigenvalue weighted by molar-refractivity contribution is 5.77. The first-order valence-electron chi connectivity index (χ1n) is 14.4. The Balaban J connectivity index is 1.65. The fourth-order valence-corrected chi connectivity index (χ4v) is 8.91. The highest BCUT2D eigenvalue weighted by Gasteiger charge is 2.84. The van der Waals surface area contributed by atoms with E-state index in [1.165, 1.54) is 0 Å². The van der Waals surface area contributed by atoms with Gasteiger partial charge in [0.25, 0.3) is 0 Å². The number of carbonyl (C=O) groups excluding carboxylic acids is 1. The number of hydrogen-bond acceptors (Lipinski definition) is 6. The average Bonchev–Trinajstić information content (AvgIpc) is 2.98. The molecule has 0 aliphatic heterocycles. The van der Waals surface area contributed by atoms with E-state index in [1.807, 2.05) is 27.7 Å². The van der Waals surface area contributed by atoms with Gasteiger partial charge in [0.1, 0.15) is 5.60 Å². The zero-order valence-electron chi connectivity index (χ0n) is 24.6. The van der Waals surface area contributed by atoms with Crippen molar-refractivity contribution >= 4 is 5.97 Å². The van der Waals surface area contributed by atoms with Crippen molar-refractivity contribution in [2.24, 2.45) is 28.1 Å². The molecule has 6 heteroatoms. The Morgan fingerprint density at radius 1 is 0.833 bits per heavy atom. The highest BCUT2D eigenvalue weighted by atomic mass is 16.7. The third-order valence-electron chi connectivity index (χ3n) is 9.97. The molecule has 6 nitrogen and oxygen atoms in total. The lowest BCUT2D eigenvalue weighted by atomic mass is 9.52. The standard InChI is InChI=1S/C30H52O6/c1-11-32-21(5)34-28-16-27(36-24(31)26(10,20(3)4)15-25(7,8)9)13-23-14-30(19-28,29(23,17-27)18-28)35-22(6)33-12-2/h20-23H,11-19H2,1-10H3. The van der Waals surface area contributed by atoms with E-state index in [1.54, 1.807) is 0 Å². The van der Waals surface area contributed by atoms with Crippen molar-refractivity contribution in [2.45, 2.75) is 144 Å². The lowest BCUT2D eigenvalue weighted by molar-refractivity contribution is -0.285. The Kier molecular flexibility index (Phi) is 7.24. The van der Waals surface area contributed by atoms with E-state index in [0.29, 0.717) is 19.1 Å². The molecule has 0 radical (unpaired) electrons. The monoisotopic (exact) mass is 508 g/mol. The molecule has 208 valence electrons. The summed E-state index contributed by atoms with van der Waals surface area (Å²) in [5.74, 6) is 0.630. The summed E-state index contributed by atoms with van der Waals surface area (Å²) in [5.41, 5.74) is -1.73. The molecule has 4 aliphatic rings. The molecule has 36 heavy (non-hydrogen) atoms. The largest absolute Gasteiger partial charge is 0.459 e. The second-order valence-electron chi connectivity index (χ2n) is 14.3. The van der Waals surface area contributed by atoms with Crippen LogP contribution in [-0.2, 0) is 28.5 Å². The number of carbonyl (C=O) groups is 1. The quantitative estimate of drug-likeness (QED) is 0.217. The third-order valence-corrected chi connectivity index (χ3v) is 9.97. The number of hydrogen-bond donors (Lipinski definition) is 0. The summed E-state index contributed by atoms with van der Waals surface area (Å²) in [7, 11) is 0. The van der Waals surface area contributed by atoms with Crippen molar-refractivity contribution in [2.75, 3.05) is 13.2 Å². The molecule has 0 heterocycles. The molecule has 8 unspecified atom stereocenters. The van der Waals surface area contributed by atoms with Gasteiger partial charge in [0.2, 0.25) is 0 Å². The molecule has 4 saturated carbocycles. The van der Waals surface area contributed by atoms with Crippen LogP contribution in [0.25, 0.3) is 0 Å². The van der Waals surface area contributed by atoms with Crippen LogP contribution in [0, 0.1) is 28.1 Å². The normalized spacial score (nSPS) is 40.0. The zero-order valence-corrected chi connectivity index (χ0v) is 24.6. The van der Waals surface area contributed by atoms with Crippen LogP contribution in [0.15, 0.2) is 0 Å². The fourth-order valence-electron chi connectivity index (χ4n) is 8.91. The minimum atomic E-state index is -0.535. The molecule has 0 saturated heterocycles. The summed E-state index contributed by atoms with van der Waals surface area (Å²) in [6.07, 6.45) is 5.47. The number of esters is 1. The van der Waals surface area contributed by atoms with E-state index in [-0.39, 0.29) is 40.9 Å². The van der Waals surface area contributed by atoms with E-state index in [2.05, 4.69) is 41.5 Å². The van der Waals surface area contributed by atoms with E-state index in [0.717, 1.165) is 44.9 Å². The lowest BCUT2D eigenvalue weighted by Gasteiger charge is -2.58. The minimum Gasteiger partial charge on any atom is -0.459 e. The second kappa shape index (κ2) is 9.20. The highest BCUT2D eigenvalue weighted by Crippen LogP contribution is 2.81. The summed E-state index contributed by atoms with van der Waals surface area (Å²) in [6, 6.07) is 0. The van der Waals surface area contributed by atoms with Gasteiger partial charge in [0.05, 0.1) is 16.6 Å². The molecular weight excluding hydrogens is 456 g/mol. The van der Waals surface area contributed by atoms with Crippen LogP contribution in [0.2, 0.25) is 0 Å². The molecule has 4 fully saturated rings. The van der Waals surface area contributed by atoms with Crippen molar-refractivity contribution in [3.8, 4) is 0 Å². The predicted molar refractivity (Wildman–Crippen MR) is 139 cm³/mol. The number of ether oxygens (including phenoxy) is 5. The van der Waals surface area contributed by atoms with Gasteiger partial charge in [-0.05, 0) is 84.0 Å². The van der Waals surface area contributed by atoms with Crippen LogP contribution in [-0.4, -0.2) is 48.6 Å². The van der Waals surface area contributed by atoms with Gasteiger partial charge in [-0.25, -0.2) is 0 Å². The molecule has 0 aromatic rings. The first kappa shape index (κ1) is 28.3. The molecule has 3 bridgehead atoms. The van der Waals surface area contributed by atoms with Crippen LogP contribution in [0.4, 0.5) is 0 Å². The van der Waals surface area contributed by atoms with E-state index < -0.39 is 16.6 Å². The third kappa shape index (κ3) is 4.56. The van der Waals surface area contributed by atoms with Gasteiger partial charge in [-0.15, -0.1) is 0 Å². The van der Waals surface area contributed by atoms with Gasteiger partial charge in [-0.2, -0.15) is 0 Å². The summed E-state index contributed by atoms with van der Waals surface area (Å²) in [6.45, 7) is 22.2. The summed E-state index contributed by atoms with van der Waals surface area (Å²) in [5, 5.41) is 0. The number of fused-ring (bicyclic) bond motifs is 2. The molecule has 1 spiro atoms. The molecule has 8 atom stereocenters. The Morgan fingerprint density at radius 3 is 1.97 bits per heavy atom. The van der Waals surface area contributed by atoms with Crippen LogP contribution in [0.1, 0.15) is 114 Å².